The van der Waals surface area contributed by atoms with E-state index >= 15 is 0 Å². The van der Waals surface area contributed by atoms with Crippen molar-refractivity contribution in [3.8, 4) is 0 Å². The SMILES string of the molecule is CC(CCS(C)=O)NC1CCCN(C(=O)OC(C)(C)C)CC1. The van der Waals surface area contributed by atoms with Crippen LogP contribution in [0.1, 0.15) is 53.4 Å². The van der Waals surface area contributed by atoms with Crippen LogP contribution >= 0.6 is 0 Å². The van der Waals surface area contributed by atoms with Gasteiger partial charge in [0, 0.05) is 48.0 Å². The molecule has 5 nitrogen and oxygen atoms in total. The molecule has 1 aliphatic heterocycles. The second kappa shape index (κ2) is 8.87. The lowest BCUT2D eigenvalue weighted by Gasteiger charge is -2.26. The predicted molar refractivity (Wildman–Crippen MR) is 91.6 cm³/mol. The molecule has 1 heterocycles. The molecule has 1 saturated heterocycles. The normalized spacial score (nSPS) is 22.8. The highest BCUT2D eigenvalue weighted by molar-refractivity contribution is 7.84. The van der Waals surface area contributed by atoms with E-state index in [9.17, 15) is 9.00 Å². The highest BCUT2D eigenvalue weighted by Crippen LogP contribution is 2.16. The molecule has 3 atom stereocenters. The monoisotopic (exact) mass is 332 g/mol. The summed E-state index contributed by atoms with van der Waals surface area (Å²) in [4.78, 5) is 13.9. The van der Waals surface area contributed by atoms with E-state index < -0.39 is 16.4 Å². The van der Waals surface area contributed by atoms with Gasteiger partial charge in [-0.15, -0.1) is 0 Å². The number of hydrogen-bond acceptors (Lipinski definition) is 4. The van der Waals surface area contributed by atoms with E-state index in [-0.39, 0.29) is 6.09 Å². The molecule has 22 heavy (non-hydrogen) atoms. The fourth-order valence-corrected chi connectivity index (χ4v) is 3.29. The Morgan fingerprint density at radius 1 is 1.36 bits per heavy atom. The van der Waals surface area contributed by atoms with Gasteiger partial charge in [0.15, 0.2) is 0 Å². The van der Waals surface area contributed by atoms with E-state index in [4.69, 9.17) is 4.74 Å². The molecule has 6 heteroatoms. The van der Waals surface area contributed by atoms with Gasteiger partial charge >= 0.3 is 6.09 Å². The van der Waals surface area contributed by atoms with Crippen molar-refractivity contribution in [1.82, 2.24) is 10.2 Å². The number of rotatable bonds is 5. The van der Waals surface area contributed by atoms with Crippen molar-refractivity contribution in [2.24, 2.45) is 0 Å². The average Bonchev–Trinajstić information content (AvgIpc) is 2.60. The molecule has 0 aromatic heterocycles. The Morgan fingerprint density at radius 3 is 2.64 bits per heavy atom. The third-order valence-electron chi connectivity index (χ3n) is 3.74. The molecule has 0 aliphatic carbocycles. The van der Waals surface area contributed by atoms with E-state index in [1.165, 1.54) is 0 Å². The minimum Gasteiger partial charge on any atom is -0.444 e. The molecule has 0 bridgehead atoms. The standard InChI is InChI=1S/C16H32N2O3S/c1-13(9-12-22(5)20)17-14-7-6-10-18(11-8-14)15(19)21-16(2,3)4/h13-14,17H,6-12H2,1-5H3. The molecule has 3 unspecified atom stereocenters. The summed E-state index contributed by atoms with van der Waals surface area (Å²) in [6.45, 7) is 9.33. The number of likely N-dealkylation sites (tertiary alicyclic amines) is 1. The van der Waals surface area contributed by atoms with Crippen LogP contribution in [0.25, 0.3) is 0 Å². The van der Waals surface area contributed by atoms with E-state index in [1.54, 1.807) is 6.26 Å². The molecule has 0 aromatic rings. The average molecular weight is 333 g/mol. The molecule has 130 valence electrons. The quantitative estimate of drug-likeness (QED) is 0.840. The lowest BCUT2D eigenvalue weighted by atomic mass is 10.1. The van der Waals surface area contributed by atoms with Gasteiger partial charge in [0.05, 0.1) is 0 Å². The maximum Gasteiger partial charge on any atom is 0.410 e. The zero-order valence-electron chi connectivity index (χ0n) is 14.7. The highest BCUT2D eigenvalue weighted by Gasteiger charge is 2.25. The molecule has 0 saturated carbocycles. The Morgan fingerprint density at radius 2 is 2.05 bits per heavy atom. The van der Waals surface area contributed by atoms with Crippen molar-refractivity contribution < 1.29 is 13.7 Å². The fourth-order valence-electron chi connectivity index (χ4n) is 2.60. The van der Waals surface area contributed by atoms with E-state index in [1.807, 2.05) is 25.7 Å². The van der Waals surface area contributed by atoms with Crippen LogP contribution in [-0.4, -0.2) is 58.0 Å². The molecule has 1 rings (SSSR count). The van der Waals surface area contributed by atoms with Gasteiger partial charge in [-0.25, -0.2) is 4.79 Å². The van der Waals surface area contributed by atoms with Crippen molar-refractivity contribution in [3.63, 3.8) is 0 Å². The van der Waals surface area contributed by atoms with Crippen LogP contribution in [0.15, 0.2) is 0 Å². The molecule has 1 fully saturated rings. The number of nitrogens with zero attached hydrogens (tertiary/aromatic N) is 1. The Labute approximate surface area is 137 Å². The first-order valence-electron chi connectivity index (χ1n) is 8.21. The van der Waals surface area contributed by atoms with Gasteiger partial charge in [-0.1, -0.05) is 0 Å². The summed E-state index contributed by atoms with van der Waals surface area (Å²) < 4.78 is 16.6. The summed E-state index contributed by atoms with van der Waals surface area (Å²) in [7, 11) is -0.727. The molecular weight excluding hydrogens is 300 g/mol. The molecule has 0 aromatic carbocycles. The number of hydrogen-bond donors (Lipinski definition) is 1. The third kappa shape index (κ3) is 8.13. The molecule has 0 radical (unpaired) electrons. The Bertz CT molecular complexity index is 382. The number of carbonyl (C=O) groups is 1. The van der Waals surface area contributed by atoms with Gasteiger partial charge in [-0.05, 0) is 53.4 Å². The van der Waals surface area contributed by atoms with Crippen molar-refractivity contribution in [3.05, 3.63) is 0 Å². The van der Waals surface area contributed by atoms with Gasteiger partial charge < -0.3 is 15.0 Å². The Kier molecular flexibility index (Phi) is 7.83. The Balaban J connectivity index is 2.39. The summed E-state index contributed by atoms with van der Waals surface area (Å²) >= 11 is 0. The third-order valence-corrected chi connectivity index (χ3v) is 4.55. The highest BCUT2D eigenvalue weighted by atomic mass is 32.2. The lowest BCUT2D eigenvalue weighted by Crippen LogP contribution is -2.40. The van der Waals surface area contributed by atoms with Gasteiger partial charge in [0.25, 0.3) is 0 Å². The second-order valence-corrected chi connectivity index (χ2v) is 8.78. The maximum atomic E-state index is 12.1. The van der Waals surface area contributed by atoms with Crippen LogP contribution in [-0.2, 0) is 15.5 Å². The molecule has 1 N–H and O–H groups in total. The summed E-state index contributed by atoms with van der Waals surface area (Å²) in [6.07, 6.45) is 5.47. The van der Waals surface area contributed by atoms with E-state index in [0.29, 0.717) is 12.1 Å². The van der Waals surface area contributed by atoms with Crippen LogP contribution in [0.5, 0.6) is 0 Å². The number of carbonyl (C=O) groups excluding carboxylic acids is 1. The van der Waals surface area contributed by atoms with Gasteiger partial charge in [-0.3, -0.25) is 4.21 Å². The second-order valence-electron chi connectivity index (χ2n) is 7.23. The zero-order chi connectivity index (χ0) is 16.8. The van der Waals surface area contributed by atoms with Crippen LogP contribution in [0.3, 0.4) is 0 Å². The Hall–Kier alpha value is -0.620. The van der Waals surface area contributed by atoms with Crippen molar-refractivity contribution in [2.45, 2.75) is 71.1 Å². The van der Waals surface area contributed by atoms with Crippen molar-refractivity contribution in [2.75, 3.05) is 25.1 Å². The van der Waals surface area contributed by atoms with Crippen molar-refractivity contribution in [1.29, 1.82) is 0 Å². The summed E-state index contributed by atoms with van der Waals surface area (Å²) in [5, 5.41) is 3.61. The lowest BCUT2D eigenvalue weighted by molar-refractivity contribution is 0.0256. The topological polar surface area (TPSA) is 58.6 Å². The summed E-state index contributed by atoms with van der Waals surface area (Å²) in [6, 6.07) is 0.787. The molecular formula is C16H32N2O3S. The number of amides is 1. The van der Waals surface area contributed by atoms with Crippen molar-refractivity contribution >= 4 is 16.9 Å². The minimum absolute atomic E-state index is 0.206. The number of ether oxygens (including phenoxy) is 1. The first-order valence-corrected chi connectivity index (χ1v) is 9.94. The van der Waals surface area contributed by atoms with Gasteiger partial charge in [0.2, 0.25) is 0 Å². The predicted octanol–water partition coefficient (Wildman–Crippen LogP) is 2.52. The van der Waals surface area contributed by atoms with E-state index in [2.05, 4.69) is 12.2 Å². The van der Waals surface area contributed by atoms with Gasteiger partial charge in [0.1, 0.15) is 5.60 Å². The summed E-state index contributed by atoms with van der Waals surface area (Å²) in [5.74, 6) is 0.741. The first-order chi connectivity index (χ1) is 10.2. The van der Waals surface area contributed by atoms with Crippen LogP contribution in [0.2, 0.25) is 0 Å². The van der Waals surface area contributed by atoms with Gasteiger partial charge in [-0.2, -0.15) is 0 Å². The number of nitrogens with one attached hydrogen (secondary N) is 1. The molecule has 1 amide bonds. The fraction of sp³-hybridized carbons (Fsp3) is 0.938. The van der Waals surface area contributed by atoms with Crippen LogP contribution < -0.4 is 5.32 Å². The smallest absolute Gasteiger partial charge is 0.410 e. The van der Waals surface area contributed by atoms with E-state index in [0.717, 1.165) is 44.5 Å². The zero-order valence-corrected chi connectivity index (χ0v) is 15.5. The first kappa shape index (κ1) is 19.4. The van der Waals surface area contributed by atoms with Crippen LogP contribution in [0.4, 0.5) is 4.79 Å². The summed E-state index contributed by atoms with van der Waals surface area (Å²) in [5.41, 5.74) is -0.439. The largest absolute Gasteiger partial charge is 0.444 e. The van der Waals surface area contributed by atoms with Crippen LogP contribution in [0, 0.1) is 0 Å². The maximum absolute atomic E-state index is 12.1. The minimum atomic E-state index is -0.727. The molecule has 1 aliphatic rings. The molecule has 0 spiro atoms.